The van der Waals surface area contributed by atoms with Gasteiger partial charge in [0.15, 0.2) is 0 Å². The molecule has 18 heavy (non-hydrogen) atoms. The second kappa shape index (κ2) is 6.37. The number of thiophene rings is 1. The molecule has 1 aromatic heterocycles. The Kier molecular flexibility index (Phi) is 4.81. The van der Waals surface area contributed by atoms with E-state index in [9.17, 15) is 0 Å². The summed E-state index contributed by atoms with van der Waals surface area (Å²) < 4.78 is 0.843. The Morgan fingerprint density at radius 3 is 2.50 bits per heavy atom. The van der Waals surface area contributed by atoms with Crippen LogP contribution in [0.25, 0.3) is 0 Å². The molecule has 1 unspecified atom stereocenters. The van der Waals surface area contributed by atoms with Gasteiger partial charge in [-0.15, -0.1) is 11.3 Å². The van der Waals surface area contributed by atoms with E-state index in [1.807, 2.05) is 6.07 Å². The molecule has 0 aliphatic heterocycles. The zero-order valence-corrected chi connectivity index (χ0v) is 12.1. The third-order valence-electron chi connectivity index (χ3n) is 3.02. The standard InChI is InChI=1S/C15H18ClNS/c1-11-2-4-12(5-3-11)6-7-13(17)10-14-8-9-15(16)18-14/h2-5,8-9,13H,6-7,10,17H2,1H3. The zero-order chi connectivity index (χ0) is 13.0. The number of hydrogen-bond donors (Lipinski definition) is 1. The van der Waals surface area contributed by atoms with Gasteiger partial charge in [0, 0.05) is 10.9 Å². The second-order valence-electron chi connectivity index (χ2n) is 4.69. The van der Waals surface area contributed by atoms with E-state index in [0.717, 1.165) is 23.6 Å². The SMILES string of the molecule is Cc1ccc(CCC(N)Cc2ccc(Cl)s2)cc1. The third-order valence-corrected chi connectivity index (χ3v) is 4.27. The van der Waals surface area contributed by atoms with Gasteiger partial charge in [-0.1, -0.05) is 41.4 Å². The van der Waals surface area contributed by atoms with Gasteiger partial charge < -0.3 is 5.73 Å². The summed E-state index contributed by atoms with van der Waals surface area (Å²) in [4.78, 5) is 1.27. The molecule has 3 heteroatoms. The number of aryl methyl sites for hydroxylation is 2. The highest BCUT2D eigenvalue weighted by molar-refractivity contribution is 7.16. The Morgan fingerprint density at radius 1 is 1.17 bits per heavy atom. The first-order chi connectivity index (χ1) is 8.63. The van der Waals surface area contributed by atoms with Crippen LogP contribution in [-0.2, 0) is 12.8 Å². The van der Waals surface area contributed by atoms with Gasteiger partial charge in [0.05, 0.1) is 4.34 Å². The molecule has 0 fully saturated rings. The Labute approximate surface area is 118 Å². The van der Waals surface area contributed by atoms with Gasteiger partial charge >= 0.3 is 0 Å². The van der Waals surface area contributed by atoms with E-state index in [1.54, 1.807) is 11.3 Å². The zero-order valence-electron chi connectivity index (χ0n) is 10.5. The summed E-state index contributed by atoms with van der Waals surface area (Å²) in [5.41, 5.74) is 8.82. The number of hydrogen-bond acceptors (Lipinski definition) is 2. The van der Waals surface area contributed by atoms with Crippen molar-refractivity contribution in [2.45, 2.75) is 32.2 Å². The van der Waals surface area contributed by atoms with Gasteiger partial charge in [0.2, 0.25) is 0 Å². The van der Waals surface area contributed by atoms with Gasteiger partial charge in [-0.25, -0.2) is 0 Å². The summed E-state index contributed by atoms with van der Waals surface area (Å²) in [6.07, 6.45) is 2.97. The highest BCUT2D eigenvalue weighted by Crippen LogP contribution is 2.22. The van der Waals surface area contributed by atoms with Crippen LogP contribution in [0.3, 0.4) is 0 Å². The Bertz CT molecular complexity index is 489. The predicted molar refractivity (Wildman–Crippen MR) is 80.5 cm³/mol. The highest BCUT2D eigenvalue weighted by atomic mass is 35.5. The molecule has 0 spiro atoms. The molecule has 96 valence electrons. The van der Waals surface area contributed by atoms with Crippen molar-refractivity contribution in [1.82, 2.24) is 0 Å². The van der Waals surface area contributed by atoms with Crippen molar-refractivity contribution in [3.05, 3.63) is 56.7 Å². The number of benzene rings is 1. The monoisotopic (exact) mass is 279 g/mol. The van der Waals surface area contributed by atoms with E-state index in [0.29, 0.717) is 0 Å². The first-order valence-electron chi connectivity index (χ1n) is 6.19. The van der Waals surface area contributed by atoms with E-state index in [4.69, 9.17) is 17.3 Å². The van der Waals surface area contributed by atoms with Crippen LogP contribution in [0, 0.1) is 6.92 Å². The van der Waals surface area contributed by atoms with Crippen molar-refractivity contribution < 1.29 is 0 Å². The number of nitrogens with two attached hydrogens (primary N) is 1. The van der Waals surface area contributed by atoms with E-state index >= 15 is 0 Å². The normalized spacial score (nSPS) is 12.6. The van der Waals surface area contributed by atoms with Crippen molar-refractivity contribution in [3.63, 3.8) is 0 Å². The van der Waals surface area contributed by atoms with Crippen LogP contribution in [0.4, 0.5) is 0 Å². The van der Waals surface area contributed by atoms with Crippen molar-refractivity contribution in [3.8, 4) is 0 Å². The molecule has 0 aliphatic rings. The smallest absolute Gasteiger partial charge is 0.0931 e. The molecule has 0 bridgehead atoms. The van der Waals surface area contributed by atoms with Crippen LogP contribution in [0.15, 0.2) is 36.4 Å². The third kappa shape index (κ3) is 4.13. The predicted octanol–water partition coefficient (Wildman–Crippen LogP) is 4.21. The van der Waals surface area contributed by atoms with E-state index in [1.165, 1.54) is 16.0 Å². The number of rotatable bonds is 5. The van der Waals surface area contributed by atoms with Crippen LogP contribution in [0.2, 0.25) is 4.34 Å². The molecule has 1 aromatic carbocycles. The van der Waals surface area contributed by atoms with E-state index in [2.05, 4.69) is 37.3 Å². The van der Waals surface area contributed by atoms with Crippen molar-refractivity contribution in [2.24, 2.45) is 5.73 Å². The van der Waals surface area contributed by atoms with Gasteiger partial charge in [0.1, 0.15) is 0 Å². The summed E-state index contributed by atoms with van der Waals surface area (Å²) in [6, 6.07) is 12.9. The maximum atomic E-state index is 6.16. The molecule has 0 amide bonds. The fourth-order valence-electron chi connectivity index (χ4n) is 1.93. The summed E-state index contributed by atoms with van der Waals surface area (Å²) in [7, 11) is 0. The summed E-state index contributed by atoms with van der Waals surface area (Å²) in [5, 5.41) is 0. The summed E-state index contributed by atoms with van der Waals surface area (Å²) >= 11 is 7.53. The van der Waals surface area contributed by atoms with E-state index in [-0.39, 0.29) is 6.04 Å². The fraction of sp³-hybridized carbons (Fsp3) is 0.333. The van der Waals surface area contributed by atoms with Gasteiger partial charge in [-0.05, 0) is 43.9 Å². The topological polar surface area (TPSA) is 26.0 Å². The Balaban J connectivity index is 1.81. The lowest BCUT2D eigenvalue weighted by atomic mass is 10.0. The van der Waals surface area contributed by atoms with Crippen LogP contribution < -0.4 is 5.73 Å². The lowest BCUT2D eigenvalue weighted by Gasteiger charge is -2.10. The average Bonchev–Trinajstić information content (AvgIpc) is 2.74. The minimum absolute atomic E-state index is 0.209. The molecular formula is C15H18ClNS. The van der Waals surface area contributed by atoms with Crippen LogP contribution in [0.1, 0.15) is 22.4 Å². The molecule has 0 aliphatic carbocycles. The maximum Gasteiger partial charge on any atom is 0.0931 e. The van der Waals surface area contributed by atoms with Crippen LogP contribution in [0.5, 0.6) is 0 Å². The molecule has 2 aromatic rings. The van der Waals surface area contributed by atoms with E-state index < -0.39 is 0 Å². The van der Waals surface area contributed by atoms with Crippen LogP contribution in [-0.4, -0.2) is 6.04 Å². The fourth-order valence-corrected chi connectivity index (χ4v) is 3.11. The average molecular weight is 280 g/mol. The van der Waals surface area contributed by atoms with Gasteiger partial charge in [0.25, 0.3) is 0 Å². The lowest BCUT2D eigenvalue weighted by Crippen LogP contribution is -2.23. The molecule has 1 nitrogen and oxygen atoms in total. The largest absolute Gasteiger partial charge is 0.327 e. The van der Waals surface area contributed by atoms with Gasteiger partial charge in [-0.2, -0.15) is 0 Å². The molecule has 2 N–H and O–H groups in total. The number of halogens is 1. The Morgan fingerprint density at radius 2 is 1.89 bits per heavy atom. The van der Waals surface area contributed by atoms with Gasteiger partial charge in [-0.3, -0.25) is 0 Å². The molecular weight excluding hydrogens is 262 g/mol. The molecule has 0 radical (unpaired) electrons. The summed E-state index contributed by atoms with van der Waals surface area (Å²) in [6.45, 7) is 2.11. The quantitative estimate of drug-likeness (QED) is 0.872. The van der Waals surface area contributed by atoms with Crippen molar-refractivity contribution >= 4 is 22.9 Å². The molecule has 0 saturated heterocycles. The Hall–Kier alpha value is -0.830. The van der Waals surface area contributed by atoms with Crippen LogP contribution >= 0.6 is 22.9 Å². The first-order valence-corrected chi connectivity index (χ1v) is 7.38. The van der Waals surface area contributed by atoms with Crippen molar-refractivity contribution in [1.29, 1.82) is 0 Å². The minimum atomic E-state index is 0.209. The second-order valence-corrected chi connectivity index (χ2v) is 6.49. The summed E-state index contributed by atoms with van der Waals surface area (Å²) in [5.74, 6) is 0. The maximum absolute atomic E-state index is 6.16. The lowest BCUT2D eigenvalue weighted by molar-refractivity contribution is 0.615. The molecule has 2 rings (SSSR count). The molecule has 1 heterocycles. The van der Waals surface area contributed by atoms with Crippen molar-refractivity contribution in [2.75, 3.05) is 0 Å². The highest BCUT2D eigenvalue weighted by Gasteiger charge is 2.06. The minimum Gasteiger partial charge on any atom is -0.327 e. The molecule has 1 atom stereocenters. The first kappa shape index (κ1) is 13.6. The molecule has 0 saturated carbocycles.